The fourth-order valence-electron chi connectivity index (χ4n) is 1.10. The zero-order chi connectivity index (χ0) is 10.6. The first-order valence-corrected chi connectivity index (χ1v) is 5.06. The molecule has 14 heavy (non-hydrogen) atoms. The van der Waals surface area contributed by atoms with E-state index in [-0.39, 0.29) is 5.78 Å². The van der Waals surface area contributed by atoms with E-state index in [0.29, 0.717) is 28.6 Å². The van der Waals surface area contributed by atoms with Crippen LogP contribution in [0, 0.1) is 0 Å². The van der Waals surface area contributed by atoms with Crippen molar-refractivity contribution in [1.29, 1.82) is 0 Å². The average molecular weight is 260 g/mol. The van der Waals surface area contributed by atoms with Crippen LogP contribution in [0.4, 0.5) is 4.39 Å². The first-order valence-electron chi connectivity index (χ1n) is 4.26. The third-order valence-corrected chi connectivity index (χ3v) is 2.63. The van der Waals surface area contributed by atoms with Gasteiger partial charge >= 0.3 is 0 Å². The average Bonchev–Trinajstić information content (AvgIpc) is 2.18. The molecule has 0 aromatic heterocycles. The number of ketones is 1. The molecule has 0 saturated heterocycles. The lowest BCUT2D eigenvalue weighted by Crippen LogP contribution is -2.08. The molecular weight excluding hydrogens is 249 g/mol. The highest BCUT2D eigenvalue weighted by molar-refractivity contribution is 9.10. The Kier molecular flexibility index (Phi) is 4.22. The Balaban J connectivity index is 2.91. The molecule has 0 spiro atoms. The molecule has 2 nitrogen and oxygen atoms in total. The Labute approximate surface area is 90.4 Å². The Morgan fingerprint density at radius 2 is 2.21 bits per heavy atom. The number of rotatable bonds is 4. The summed E-state index contributed by atoms with van der Waals surface area (Å²) < 4.78 is 13.0. The molecule has 0 aliphatic rings. The summed E-state index contributed by atoms with van der Waals surface area (Å²) in [6.45, 7) is -0.201. The van der Waals surface area contributed by atoms with Gasteiger partial charge in [0.1, 0.15) is 6.67 Å². The minimum absolute atomic E-state index is 0.0152. The van der Waals surface area contributed by atoms with Crippen LogP contribution in [-0.4, -0.2) is 12.3 Å². The zero-order valence-corrected chi connectivity index (χ0v) is 9.18. The Morgan fingerprint density at radius 1 is 1.50 bits per heavy atom. The van der Waals surface area contributed by atoms with Gasteiger partial charge in [0.25, 0.3) is 0 Å². The van der Waals surface area contributed by atoms with Crippen LogP contribution < -0.4 is 5.73 Å². The zero-order valence-electron chi connectivity index (χ0n) is 7.59. The van der Waals surface area contributed by atoms with Crippen molar-refractivity contribution < 1.29 is 9.18 Å². The summed E-state index contributed by atoms with van der Waals surface area (Å²) >= 11 is 3.20. The molecule has 0 heterocycles. The third-order valence-electron chi connectivity index (χ3n) is 1.89. The Bertz CT molecular complexity index is 341. The molecule has 0 aliphatic heterocycles. The van der Waals surface area contributed by atoms with Gasteiger partial charge in [-0.2, -0.15) is 0 Å². The highest BCUT2D eigenvalue weighted by Crippen LogP contribution is 2.20. The second-order valence-electron chi connectivity index (χ2n) is 2.90. The lowest BCUT2D eigenvalue weighted by atomic mass is 10.1. The first kappa shape index (κ1) is 11.3. The van der Waals surface area contributed by atoms with E-state index in [4.69, 9.17) is 5.73 Å². The number of carbonyl (C=O) groups excluding carboxylic acids is 1. The largest absolute Gasteiger partial charge is 0.330 e. The number of Topliss-reactive ketones (excluding diaryl/α,β-unsaturated/α-hetero) is 1. The van der Waals surface area contributed by atoms with Crippen LogP contribution >= 0.6 is 15.9 Å². The number of hydrogen-bond acceptors (Lipinski definition) is 2. The molecule has 2 N–H and O–H groups in total. The minimum atomic E-state index is -0.536. The maximum Gasteiger partial charge on any atom is 0.164 e. The van der Waals surface area contributed by atoms with Gasteiger partial charge in [0.15, 0.2) is 5.78 Å². The maximum atomic E-state index is 12.3. The molecule has 0 saturated carbocycles. The number of nitrogens with two attached hydrogens (primary N) is 1. The molecule has 76 valence electrons. The maximum absolute atomic E-state index is 12.3. The van der Waals surface area contributed by atoms with Gasteiger partial charge in [-0.25, -0.2) is 4.39 Å². The molecular formula is C10H11BrFNO. The molecule has 1 rings (SSSR count). The lowest BCUT2D eigenvalue weighted by Gasteiger charge is -2.03. The van der Waals surface area contributed by atoms with Gasteiger partial charge in [0.05, 0.1) is 0 Å². The van der Waals surface area contributed by atoms with Gasteiger partial charge in [-0.3, -0.25) is 4.79 Å². The second kappa shape index (κ2) is 5.22. The van der Waals surface area contributed by atoms with Crippen molar-refractivity contribution in [2.45, 2.75) is 13.1 Å². The number of hydrogen-bond donors (Lipinski definition) is 1. The van der Waals surface area contributed by atoms with E-state index < -0.39 is 6.67 Å². The van der Waals surface area contributed by atoms with Gasteiger partial charge in [-0.15, -0.1) is 0 Å². The molecule has 0 fully saturated rings. The third kappa shape index (κ3) is 2.62. The fourth-order valence-corrected chi connectivity index (χ4v) is 1.59. The van der Waals surface area contributed by atoms with Crippen LogP contribution in [0.1, 0.15) is 22.3 Å². The second-order valence-corrected chi connectivity index (χ2v) is 3.76. The molecule has 0 unspecified atom stereocenters. The van der Waals surface area contributed by atoms with Gasteiger partial charge < -0.3 is 5.73 Å². The van der Waals surface area contributed by atoms with E-state index in [1.54, 1.807) is 18.2 Å². The van der Waals surface area contributed by atoms with Crippen LogP contribution in [-0.2, 0) is 6.67 Å². The summed E-state index contributed by atoms with van der Waals surface area (Å²) in [5.41, 5.74) is 6.39. The predicted octanol–water partition coefficient (Wildman–Crippen LogP) is 2.45. The first-order chi connectivity index (χ1) is 6.69. The molecule has 0 amide bonds. The van der Waals surface area contributed by atoms with Gasteiger partial charge in [0.2, 0.25) is 0 Å². The van der Waals surface area contributed by atoms with Crippen molar-refractivity contribution >= 4 is 21.7 Å². The van der Waals surface area contributed by atoms with Crippen molar-refractivity contribution in [2.24, 2.45) is 5.73 Å². The van der Waals surface area contributed by atoms with Crippen LogP contribution in [0.2, 0.25) is 0 Å². The number of benzene rings is 1. The summed E-state index contributed by atoms with van der Waals surface area (Å²) in [7, 11) is 0. The quantitative estimate of drug-likeness (QED) is 0.845. The van der Waals surface area contributed by atoms with E-state index in [1.807, 2.05) is 0 Å². The fraction of sp³-hybridized carbons (Fsp3) is 0.300. The van der Waals surface area contributed by atoms with Crippen LogP contribution in [0.25, 0.3) is 0 Å². The normalized spacial score (nSPS) is 10.2. The molecule has 0 radical (unpaired) electrons. The van der Waals surface area contributed by atoms with Gasteiger partial charge in [-0.05, 0) is 18.2 Å². The van der Waals surface area contributed by atoms with E-state index in [0.717, 1.165) is 0 Å². The van der Waals surface area contributed by atoms with Crippen LogP contribution in [0.3, 0.4) is 0 Å². The van der Waals surface area contributed by atoms with Crippen LogP contribution in [0.15, 0.2) is 22.7 Å². The number of alkyl halides is 1. The minimum Gasteiger partial charge on any atom is -0.330 e. The summed E-state index contributed by atoms with van der Waals surface area (Å²) in [5, 5.41) is 0. The molecule has 0 aliphatic carbocycles. The molecule has 1 aromatic carbocycles. The number of halogens is 2. The highest BCUT2D eigenvalue weighted by atomic mass is 79.9. The molecule has 0 atom stereocenters. The summed E-state index contributed by atoms with van der Waals surface area (Å²) in [5.74, 6) is -0.0152. The summed E-state index contributed by atoms with van der Waals surface area (Å²) in [4.78, 5) is 11.4. The van der Waals surface area contributed by atoms with E-state index in [1.165, 1.54) is 0 Å². The topological polar surface area (TPSA) is 43.1 Å². The summed E-state index contributed by atoms with van der Waals surface area (Å²) in [6, 6.07) is 4.86. The molecule has 1 aromatic rings. The smallest absolute Gasteiger partial charge is 0.164 e. The highest BCUT2D eigenvalue weighted by Gasteiger charge is 2.07. The Morgan fingerprint density at radius 3 is 2.71 bits per heavy atom. The van der Waals surface area contributed by atoms with Gasteiger partial charge in [-0.1, -0.05) is 28.1 Å². The number of carbonyl (C=O) groups is 1. The van der Waals surface area contributed by atoms with Crippen molar-refractivity contribution in [3.63, 3.8) is 0 Å². The van der Waals surface area contributed by atoms with Crippen molar-refractivity contribution in [1.82, 2.24) is 0 Å². The monoisotopic (exact) mass is 259 g/mol. The standard InChI is InChI=1S/C10H11BrFNO/c11-9-5-7(10(14)3-4-13)1-2-8(9)6-12/h1-2,5H,3-4,6,13H2. The lowest BCUT2D eigenvalue weighted by molar-refractivity contribution is 0.0985. The Hall–Kier alpha value is -0.740. The van der Waals surface area contributed by atoms with Crippen molar-refractivity contribution in [3.05, 3.63) is 33.8 Å². The summed E-state index contributed by atoms with van der Waals surface area (Å²) in [6.07, 6.45) is 0.321. The van der Waals surface area contributed by atoms with Crippen molar-refractivity contribution in [3.8, 4) is 0 Å². The molecule has 0 bridgehead atoms. The van der Waals surface area contributed by atoms with Crippen LogP contribution in [0.5, 0.6) is 0 Å². The van der Waals surface area contributed by atoms with Gasteiger partial charge in [0, 0.05) is 16.5 Å². The SMILES string of the molecule is NCCC(=O)c1ccc(CF)c(Br)c1. The molecule has 4 heteroatoms. The van der Waals surface area contributed by atoms with E-state index in [9.17, 15) is 9.18 Å². The van der Waals surface area contributed by atoms with Crippen molar-refractivity contribution in [2.75, 3.05) is 6.54 Å². The van der Waals surface area contributed by atoms with E-state index >= 15 is 0 Å². The predicted molar refractivity (Wildman–Crippen MR) is 57.0 cm³/mol. The van der Waals surface area contributed by atoms with E-state index in [2.05, 4.69) is 15.9 Å².